The third-order valence-corrected chi connectivity index (χ3v) is 2.59. The van der Waals surface area contributed by atoms with Gasteiger partial charge in [-0.05, 0) is 24.4 Å². The molecular formula is C7H8N2OS. The maximum absolute atomic E-state index is 11.4. The smallest absolute Gasteiger partial charge is 0.187 e. The van der Waals surface area contributed by atoms with Crippen molar-refractivity contribution in [1.29, 1.82) is 0 Å². The fraction of sp³-hybridized carbons (Fsp3) is 0.571. The number of ketones is 1. The van der Waals surface area contributed by atoms with E-state index in [0.29, 0.717) is 5.69 Å². The summed E-state index contributed by atoms with van der Waals surface area (Å²) < 4.78 is 3.65. The van der Waals surface area contributed by atoms with Crippen LogP contribution < -0.4 is 0 Å². The maximum Gasteiger partial charge on any atom is 0.187 e. The normalized spacial score (nSPS) is 17.8. The molecule has 1 aromatic heterocycles. The molecule has 0 saturated heterocycles. The summed E-state index contributed by atoms with van der Waals surface area (Å²) in [4.78, 5) is 11.4. The van der Waals surface area contributed by atoms with Crippen LogP contribution in [0.25, 0.3) is 0 Å². The van der Waals surface area contributed by atoms with E-state index in [1.54, 1.807) is 5.38 Å². The van der Waals surface area contributed by atoms with Crippen molar-refractivity contribution >= 4 is 17.3 Å². The minimum Gasteiger partial charge on any atom is -0.292 e. The number of carbonyl (C=O) groups is 1. The molecular weight excluding hydrogens is 160 g/mol. The molecule has 1 fully saturated rings. The van der Waals surface area contributed by atoms with Crippen molar-refractivity contribution in [3.8, 4) is 0 Å². The number of hydrogen-bond acceptors (Lipinski definition) is 4. The Morgan fingerprint density at radius 3 is 2.91 bits per heavy atom. The van der Waals surface area contributed by atoms with Crippen molar-refractivity contribution in [2.45, 2.75) is 19.3 Å². The Kier molecular flexibility index (Phi) is 1.69. The Morgan fingerprint density at radius 1 is 1.64 bits per heavy atom. The lowest BCUT2D eigenvalue weighted by atomic mass is 9.81. The second-order valence-corrected chi connectivity index (χ2v) is 3.39. The topological polar surface area (TPSA) is 42.9 Å². The standard InChI is InChI=1S/C7H8N2OS/c10-7(5-2-1-3-5)6-4-11-9-8-6/h4-5H,1-3H2. The van der Waals surface area contributed by atoms with Gasteiger partial charge in [0.1, 0.15) is 5.69 Å². The first-order valence-corrected chi connectivity index (χ1v) is 4.53. The highest BCUT2D eigenvalue weighted by Gasteiger charge is 2.27. The molecule has 3 nitrogen and oxygen atoms in total. The van der Waals surface area contributed by atoms with Crippen molar-refractivity contribution < 1.29 is 4.79 Å². The fourth-order valence-corrected chi connectivity index (χ4v) is 1.60. The van der Waals surface area contributed by atoms with Gasteiger partial charge in [-0.2, -0.15) is 0 Å². The summed E-state index contributed by atoms with van der Waals surface area (Å²) >= 11 is 1.24. The van der Waals surface area contributed by atoms with Crippen LogP contribution >= 0.6 is 11.5 Å². The summed E-state index contributed by atoms with van der Waals surface area (Å²) in [5.41, 5.74) is 0.555. The van der Waals surface area contributed by atoms with E-state index >= 15 is 0 Å². The lowest BCUT2D eigenvalue weighted by Crippen LogP contribution is -2.22. The molecule has 1 aliphatic carbocycles. The van der Waals surface area contributed by atoms with Crippen LogP contribution in [0.5, 0.6) is 0 Å². The average Bonchev–Trinajstić information content (AvgIpc) is 2.32. The van der Waals surface area contributed by atoms with E-state index in [9.17, 15) is 4.79 Å². The van der Waals surface area contributed by atoms with Crippen LogP contribution in [0.2, 0.25) is 0 Å². The number of hydrogen-bond donors (Lipinski definition) is 0. The lowest BCUT2D eigenvalue weighted by molar-refractivity contribution is 0.0850. The summed E-state index contributed by atoms with van der Waals surface area (Å²) in [5.74, 6) is 0.434. The molecule has 0 unspecified atom stereocenters. The highest BCUT2D eigenvalue weighted by molar-refractivity contribution is 7.03. The molecule has 0 N–H and O–H groups in total. The Balaban J connectivity index is 2.10. The zero-order valence-electron chi connectivity index (χ0n) is 5.99. The number of rotatable bonds is 2. The summed E-state index contributed by atoms with van der Waals surface area (Å²) in [6, 6.07) is 0. The number of aromatic nitrogens is 2. The maximum atomic E-state index is 11.4. The van der Waals surface area contributed by atoms with E-state index in [1.807, 2.05) is 0 Å². The molecule has 0 radical (unpaired) electrons. The van der Waals surface area contributed by atoms with E-state index in [4.69, 9.17) is 0 Å². The van der Waals surface area contributed by atoms with Gasteiger partial charge in [0.2, 0.25) is 0 Å². The highest BCUT2D eigenvalue weighted by atomic mass is 32.1. The van der Waals surface area contributed by atoms with Crippen LogP contribution in [-0.4, -0.2) is 15.4 Å². The van der Waals surface area contributed by atoms with Crippen molar-refractivity contribution in [2.24, 2.45) is 5.92 Å². The van der Waals surface area contributed by atoms with Gasteiger partial charge in [0.05, 0.1) is 0 Å². The number of nitrogens with zero attached hydrogens (tertiary/aromatic N) is 2. The fourth-order valence-electron chi connectivity index (χ4n) is 1.15. The molecule has 11 heavy (non-hydrogen) atoms. The van der Waals surface area contributed by atoms with Crippen LogP contribution in [0, 0.1) is 5.92 Å². The molecule has 1 heterocycles. The van der Waals surface area contributed by atoms with Gasteiger partial charge in [-0.1, -0.05) is 10.9 Å². The summed E-state index contributed by atoms with van der Waals surface area (Å²) in [5, 5.41) is 5.46. The van der Waals surface area contributed by atoms with E-state index in [2.05, 4.69) is 9.59 Å². The Morgan fingerprint density at radius 2 is 2.45 bits per heavy atom. The third-order valence-electron chi connectivity index (χ3n) is 2.09. The van der Waals surface area contributed by atoms with Gasteiger partial charge in [-0.3, -0.25) is 4.79 Å². The predicted molar refractivity (Wildman–Crippen MR) is 41.6 cm³/mol. The molecule has 0 bridgehead atoms. The summed E-state index contributed by atoms with van der Waals surface area (Å²) in [6.45, 7) is 0. The van der Waals surface area contributed by atoms with Crippen molar-refractivity contribution in [2.75, 3.05) is 0 Å². The van der Waals surface area contributed by atoms with Gasteiger partial charge in [-0.25, -0.2) is 0 Å². The van der Waals surface area contributed by atoms with Gasteiger partial charge >= 0.3 is 0 Å². The SMILES string of the molecule is O=C(c1csnn1)C1CCC1. The zero-order chi connectivity index (χ0) is 7.68. The van der Waals surface area contributed by atoms with Crippen LogP contribution in [0.3, 0.4) is 0 Å². The van der Waals surface area contributed by atoms with Crippen molar-refractivity contribution in [3.05, 3.63) is 11.1 Å². The molecule has 0 amide bonds. The number of Topliss-reactive ketones (excluding diaryl/α,β-unsaturated/α-hetero) is 1. The molecule has 0 spiro atoms. The zero-order valence-corrected chi connectivity index (χ0v) is 6.80. The molecule has 0 aliphatic heterocycles. The first-order chi connectivity index (χ1) is 5.38. The third kappa shape index (κ3) is 1.18. The molecule has 2 rings (SSSR count). The van der Waals surface area contributed by atoms with Crippen molar-refractivity contribution in [3.63, 3.8) is 0 Å². The second-order valence-electron chi connectivity index (χ2n) is 2.78. The van der Waals surface area contributed by atoms with Gasteiger partial charge < -0.3 is 0 Å². The van der Waals surface area contributed by atoms with Crippen LogP contribution in [-0.2, 0) is 0 Å². The van der Waals surface area contributed by atoms with E-state index in [0.717, 1.165) is 12.8 Å². The van der Waals surface area contributed by atoms with Gasteiger partial charge in [0.15, 0.2) is 5.78 Å². The summed E-state index contributed by atoms with van der Waals surface area (Å²) in [6.07, 6.45) is 3.26. The van der Waals surface area contributed by atoms with E-state index in [1.165, 1.54) is 18.0 Å². The van der Waals surface area contributed by atoms with Gasteiger partial charge in [0.25, 0.3) is 0 Å². The molecule has 1 saturated carbocycles. The van der Waals surface area contributed by atoms with Crippen LogP contribution in [0.4, 0.5) is 0 Å². The van der Waals surface area contributed by atoms with Crippen molar-refractivity contribution in [1.82, 2.24) is 9.59 Å². The van der Waals surface area contributed by atoms with E-state index in [-0.39, 0.29) is 11.7 Å². The lowest BCUT2D eigenvalue weighted by Gasteiger charge is -2.22. The van der Waals surface area contributed by atoms with Gasteiger partial charge in [0, 0.05) is 11.3 Å². The quantitative estimate of drug-likeness (QED) is 0.629. The summed E-state index contributed by atoms with van der Waals surface area (Å²) in [7, 11) is 0. The molecule has 4 heteroatoms. The Hall–Kier alpha value is -0.770. The van der Waals surface area contributed by atoms with Crippen LogP contribution in [0.1, 0.15) is 29.8 Å². The predicted octanol–water partition coefficient (Wildman–Crippen LogP) is 1.52. The number of carbonyl (C=O) groups excluding carboxylic acids is 1. The Labute approximate surface area is 68.6 Å². The molecule has 0 aromatic carbocycles. The van der Waals surface area contributed by atoms with Crippen LogP contribution in [0.15, 0.2) is 5.38 Å². The first-order valence-electron chi connectivity index (χ1n) is 3.69. The minimum atomic E-state index is 0.185. The van der Waals surface area contributed by atoms with E-state index < -0.39 is 0 Å². The van der Waals surface area contributed by atoms with Gasteiger partial charge in [-0.15, -0.1) is 5.10 Å². The molecule has 1 aromatic rings. The first kappa shape index (κ1) is 6.91. The second kappa shape index (κ2) is 2.70. The molecule has 0 atom stereocenters. The molecule has 58 valence electrons. The molecule has 1 aliphatic rings. The minimum absolute atomic E-state index is 0.185. The Bertz CT molecular complexity index is 253. The average molecular weight is 168 g/mol. The monoisotopic (exact) mass is 168 g/mol. The largest absolute Gasteiger partial charge is 0.292 e. The highest BCUT2D eigenvalue weighted by Crippen LogP contribution is 2.29.